The van der Waals surface area contributed by atoms with Gasteiger partial charge in [0.05, 0.1) is 0 Å². The lowest BCUT2D eigenvalue weighted by atomic mass is 9.69. The highest BCUT2D eigenvalue weighted by Crippen LogP contribution is 2.50. The summed E-state index contributed by atoms with van der Waals surface area (Å²) in [5, 5.41) is 36.0. The van der Waals surface area contributed by atoms with Crippen molar-refractivity contribution in [2.24, 2.45) is 0 Å². The number of carbonyl (C=O) groups excluding carboxylic acids is 3. The fourth-order valence-corrected chi connectivity index (χ4v) is 5.04. The predicted molar refractivity (Wildman–Crippen MR) is 143 cm³/mol. The Morgan fingerprint density at radius 1 is 0.732 bits per heavy atom. The molecule has 1 aromatic heterocycles. The van der Waals surface area contributed by atoms with E-state index in [1.165, 1.54) is 72.8 Å². The molecule has 5 rings (SSSR count). The average molecular weight is 557 g/mol. The molecule has 1 saturated heterocycles. The predicted octanol–water partition coefficient (Wildman–Crippen LogP) is 0.906. The van der Waals surface area contributed by atoms with Crippen LogP contribution in [0.2, 0.25) is 0 Å². The molecule has 208 valence electrons. The van der Waals surface area contributed by atoms with Crippen LogP contribution in [0.4, 0.5) is 0 Å². The smallest absolute Gasteiger partial charge is 0.330 e. The molecule has 3 aromatic carbocycles. The van der Waals surface area contributed by atoms with Gasteiger partial charge in [-0.15, -0.1) is 0 Å². The number of aromatic nitrogens is 2. The number of hydrogen-bond acceptors (Lipinski definition) is 9. The Morgan fingerprint density at radius 2 is 1.20 bits per heavy atom. The van der Waals surface area contributed by atoms with Crippen LogP contribution in [0.15, 0.2) is 113 Å². The maximum atomic E-state index is 14.1. The summed E-state index contributed by atoms with van der Waals surface area (Å²) in [5.74, 6) is -3.48. The first-order valence-electron chi connectivity index (χ1n) is 12.5. The summed E-state index contributed by atoms with van der Waals surface area (Å²) in [7, 11) is 0. The Morgan fingerprint density at radius 3 is 1.68 bits per heavy atom. The molecule has 4 N–H and O–H groups in total. The van der Waals surface area contributed by atoms with Gasteiger partial charge >= 0.3 is 5.69 Å². The van der Waals surface area contributed by atoms with Crippen LogP contribution >= 0.6 is 0 Å². The number of benzene rings is 3. The molecule has 2 heterocycles. The number of ether oxygens (including phenoxy) is 1. The van der Waals surface area contributed by atoms with E-state index in [1.54, 1.807) is 18.2 Å². The summed E-state index contributed by atoms with van der Waals surface area (Å²) < 4.78 is 6.42. The Bertz CT molecular complexity index is 1720. The largest absolute Gasteiger partial charge is 0.382 e. The minimum absolute atomic E-state index is 0.0132. The molecule has 0 bridgehead atoms. The maximum Gasteiger partial charge on any atom is 0.330 e. The molecule has 11 nitrogen and oxygen atoms in total. The van der Waals surface area contributed by atoms with E-state index in [-0.39, 0.29) is 16.7 Å². The van der Waals surface area contributed by atoms with Gasteiger partial charge in [-0.3, -0.25) is 28.7 Å². The number of carbonyl (C=O) groups is 3. The van der Waals surface area contributed by atoms with Crippen LogP contribution in [0.1, 0.15) is 37.3 Å². The van der Waals surface area contributed by atoms with Crippen molar-refractivity contribution in [3.8, 4) is 0 Å². The first kappa shape index (κ1) is 27.7. The van der Waals surface area contributed by atoms with Crippen molar-refractivity contribution in [1.29, 1.82) is 0 Å². The summed E-state index contributed by atoms with van der Waals surface area (Å²) in [6.45, 7) is 0. The van der Waals surface area contributed by atoms with Gasteiger partial charge in [0.25, 0.3) is 5.56 Å². The van der Waals surface area contributed by atoms with E-state index in [9.17, 15) is 39.3 Å². The van der Waals surface area contributed by atoms with Gasteiger partial charge in [-0.05, 0) is 0 Å². The summed E-state index contributed by atoms with van der Waals surface area (Å²) in [4.78, 5) is 68.2. The van der Waals surface area contributed by atoms with Crippen molar-refractivity contribution in [2.45, 2.75) is 29.6 Å². The van der Waals surface area contributed by atoms with Crippen LogP contribution in [-0.2, 0) is 4.74 Å². The normalized spacial score (nSPS) is 24.5. The SMILES string of the molecule is O=C(c1ccccc1)C(O)C1OC(n2ccc(=O)[nH]c2=O)[C@@](O)(C(=O)c2ccccc2)[C@@]1(O)C(=O)c1ccccc1. The Balaban J connectivity index is 1.78. The highest BCUT2D eigenvalue weighted by atomic mass is 16.6. The molecule has 0 radical (unpaired) electrons. The van der Waals surface area contributed by atoms with E-state index in [2.05, 4.69) is 0 Å². The Hall–Kier alpha value is -4.81. The van der Waals surface area contributed by atoms with Crippen molar-refractivity contribution in [1.82, 2.24) is 9.55 Å². The first-order valence-corrected chi connectivity index (χ1v) is 12.5. The number of H-pyrrole nitrogens is 1. The summed E-state index contributed by atoms with van der Waals surface area (Å²) in [6.07, 6.45) is -5.84. The molecule has 1 aliphatic heterocycles. The fraction of sp³-hybridized carbons (Fsp3) is 0.167. The van der Waals surface area contributed by atoms with E-state index < -0.39 is 58.2 Å². The highest BCUT2D eigenvalue weighted by Gasteiger charge is 2.75. The number of aromatic amines is 1. The minimum atomic E-state index is -3.33. The van der Waals surface area contributed by atoms with E-state index >= 15 is 0 Å². The topological polar surface area (TPSA) is 176 Å². The second-order valence-electron chi connectivity index (χ2n) is 9.52. The molecule has 0 aliphatic carbocycles. The molecule has 0 amide bonds. The third-order valence-electron chi connectivity index (χ3n) is 7.11. The van der Waals surface area contributed by atoms with E-state index in [0.29, 0.717) is 4.57 Å². The van der Waals surface area contributed by atoms with Crippen molar-refractivity contribution in [3.63, 3.8) is 0 Å². The van der Waals surface area contributed by atoms with Gasteiger partial charge in [0, 0.05) is 29.0 Å². The summed E-state index contributed by atoms with van der Waals surface area (Å²) in [6, 6.07) is 22.6. The minimum Gasteiger partial charge on any atom is -0.382 e. The number of aliphatic hydroxyl groups excluding tert-OH is 1. The van der Waals surface area contributed by atoms with Crippen molar-refractivity contribution in [3.05, 3.63) is 141 Å². The van der Waals surface area contributed by atoms with E-state index in [0.717, 1.165) is 12.3 Å². The molecule has 11 heteroatoms. The number of ketones is 3. The highest BCUT2D eigenvalue weighted by molar-refractivity contribution is 6.14. The summed E-state index contributed by atoms with van der Waals surface area (Å²) >= 11 is 0. The zero-order chi connectivity index (χ0) is 29.4. The van der Waals surface area contributed by atoms with Crippen LogP contribution in [0.3, 0.4) is 0 Å². The van der Waals surface area contributed by atoms with Crippen LogP contribution in [-0.4, -0.2) is 65.6 Å². The third-order valence-corrected chi connectivity index (χ3v) is 7.11. The molecule has 3 unspecified atom stereocenters. The second kappa shape index (κ2) is 10.6. The Labute approximate surface area is 231 Å². The van der Waals surface area contributed by atoms with Gasteiger partial charge in [0.1, 0.15) is 12.2 Å². The fourth-order valence-electron chi connectivity index (χ4n) is 5.04. The standard InChI is InChI=1S/C30H24N2O9/c33-21-16-17-32(28(38)31-21)27-30(40,25(37)20-14-8-3-9-15-20)29(39,24(36)19-12-6-2-7-13-19)26(41-27)23(35)22(34)18-10-4-1-5-11-18/h1-17,23,26-27,35,39-40H,(H,31,33,38)/t23?,26?,27?,29-,30+/m1/s1. The lowest BCUT2D eigenvalue weighted by Gasteiger charge is -2.39. The van der Waals surface area contributed by atoms with E-state index in [1.807, 2.05) is 4.98 Å². The molecular formula is C30H24N2O9. The first-order chi connectivity index (χ1) is 19.6. The van der Waals surface area contributed by atoms with Gasteiger partial charge in [-0.25, -0.2) is 4.79 Å². The maximum absolute atomic E-state index is 14.1. The quantitative estimate of drug-likeness (QED) is 0.230. The van der Waals surface area contributed by atoms with Crippen LogP contribution in [0.5, 0.6) is 0 Å². The van der Waals surface area contributed by atoms with Gasteiger partial charge in [0.15, 0.2) is 17.6 Å². The van der Waals surface area contributed by atoms with Crippen LogP contribution in [0.25, 0.3) is 0 Å². The van der Waals surface area contributed by atoms with Gasteiger partial charge in [-0.1, -0.05) is 91.0 Å². The van der Waals surface area contributed by atoms with Crippen LogP contribution in [0, 0.1) is 0 Å². The third kappa shape index (κ3) is 4.46. The number of hydrogen-bond donors (Lipinski definition) is 4. The number of rotatable bonds is 8. The summed E-state index contributed by atoms with van der Waals surface area (Å²) in [5.41, 5.74) is -8.96. The number of Topliss-reactive ketones (excluding diaryl/α,β-unsaturated/α-hetero) is 3. The van der Waals surface area contributed by atoms with E-state index in [4.69, 9.17) is 4.74 Å². The Kier molecular flexibility index (Phi) is 7.20. The molecule has 0 spiro atoms. The molecule has 41 heavy (non-hydrogen) atoms. The molecule has 0 saturated carbocycles. The second-order valence-corrected chi connectivity index (χ2v) is 9.52. The van der Waals surface area contributed by atoms with Crippen molar-refractivity contribution < 1.29 is 34.4 Å². The molecule has 1 aliphatic rings. The average Bonchev–Trinajstić information content (AvgIpc) is 3.25. The van der Waals surface area contributed by atoms with Crippen LogP contribution < -0.4 is 11.2 Å². The molecule has 4 aromatic rings. The van der Waals surface area contributed by atoms with Gasteiger partial charge in [-0.2, -0.15) is 0 Å². The monoisotopic (exact) mass is 556 g/mol. The van der Waals surface area contributed by atoms with Crippen molar-refractivity contribution >= 4 is 17.3 Å². The zero-order valence-corrected chi connectivity index (χ0v) is 21.3. The zero-order valence-electron chi connectivity index (χ0n) is 21.3. The molecule has 1 fully saturated rings. The van der Waals surface area contributed by atoms with Gasteiger partial charge in [0.2, 0.25) is 17.2 Å². The van der Waals surface area contributed by atoms with Gasteiger partial charge < -0.3 is 20.1 Å². The lowest BCUT2D eigenvalue weighted by molar-refractivity contribution is -0.108. The molecule has 5 atom stereocenters. The van der Waals surface area contributed by atoms with Crippen molar-refractivity contribution in [2.75, 3.05) is 0 Å². The number of nitrogens with zero attached hydrogens (tertiary/aromatic N) is 1. The molecular weight excluding hydrogens is 532 g/mol. The lowest BCUT2D eigenvalue weighted by Crippen LogP contribution is -2.69. The number of nitrogens with one attached hydrogen (secondary N) is 1. The number of aliphatic hydroxyl groups is 3.